The van der Waals surface area contributed by atoms with Crippen molar-refractivity contribution in [2.45, 2.75) is 31.2 Å². The summed E-state index contributed by atoms with van der Waals surface area (Å²) in [5, 5.41) is 3.39. The van der Waals surface area contributed by atoms with Crippen LogP contribution in [0.2, 0.25) is 0 Å². The second kappa shape index (κ2) is 1.95. The van der Waals surface area contributed by atoms with Crippen LogP contribution in [0.4, 0.5) is 0 Å². The molecule has 2 saturated carbocycles. The van der Waals surface area contributed by atoms with Crippen LogP contribution in [0.1, 0.15) is 25.7 Å². The van der Waals surface area contributed by atoms with Gasteiger partial charge in [-0.05, 0) is 31.1 Å². The minimum absolute atomic E-state index is 0.299. The highest BCUT2D eigenvalue weighted by molar-refractivity contribution is 5.81. The molecule has 3 aliphatic rings. The molecule has 0 bridgehead atoms. The Kier molecular flexibility index (Phi) is 1.10. The topological polar surface area (TPSA) is 50.4 Å². The van der Waals surface area contributed by atoms with Crippen molar-refractivity contribution in [1.29, 1.82) is 0 Å². The molecule has 3 heteroatoms. The van der Waals surface area contributed by atoms with Gasteiger partial charge in [0.05, 0.1) is 12.1 Å². The maximum Gasteiger partial charge on any atom is 0.189 e. The number of guanidine groups is 1. The Bertz CT molecular complexity index is 248. The van der Waals surface area contributed by atoms with E-state index in [9.17, 15) is 0 Å². The SMILES string of the molecule is NC1=NCC2(CCCC3CC32)N1. The van der Waals surface area contributed by atoms with Crippen molar-refractivity contribution < 1.29 is 0 Å². The average Bonchev–Trinajstić information content (AvgIpc) is 2.74. The van der Waals surface area contributed by atoms with E-state index in [1.807, 2.05) is 0 Å². The summed E-state index contributed by atoms with van der Waals surface area (Å²) >= 11 is 0. The van der Waals surface area contributed by atoms with Gasteiger partial charge in [-0.2, -0.15) is 0 Å². The number of nitrogens with two attached hydrogens (primary N) is 1. The molecule has 0 aromatic rings. The molecule has 1 heterocycles. The Morgan fingerprint density at radius 2 is 2.50 bits per heavy atom. The molecule has 12 heavy (non-hydrogen) atoms. The van der Waals surface area contributed by atoms with Gasteiger partial charge in [-0.15, -0.1) is 0 Å². The highest BCUT2D eigenvalue weighted by Gasteiger charge is 2.56. The van der Waals surface area contributed by atoms with Crippen LogP contribution in [0, 0.1) is 11.8 Å². The zero-order chi connectivity index (χ0) is 8.18. The molecule has 66 valence electrons. The lowest BCUT2D eigenvalue weighted by atomic mass is 9.82. The van der Waals surface area contributed by atoms with Gasteiger partial charge in [0, 0.05) is 0 Å². The van der Waals surface area contributed by atoms with Crippen molar-refractivity contribution in [2.75, 3.05) is 6.54 Å². The van der Waals surface area contributed by atoms with Crippen molar-refractivity contribution in [1.82, 2.24) is 5.32 Å². The molecule has 3 rings (SSSR count). The molecule has 0 aromatic heterocycles. The third-order valence-electron chi connectivity index (χ3n) is 3.74. The van der Waals surface area contributed by atoms with E-state index in [1.165, 1.54) is 25.7 Å². The first kappa shape index (κ1) is 6.75. The molecule has 1 aliphatic heterocycles. The van der Waals surface area contributed by atoms with Crippen molar-refractivity contribution in [2.24, 2.45) is 22.6 Å². The Hall–Kier alpha value is -0.730. The molecule has 3 atom stereocenters. The quantitative estimate of drug-likeness (QED) is 0.548. The summed E-state index contributed by atoms with van der Waals surface area (Å²) in [5.74, 6) is 2.55. The Labute approximate surface area is 72.4 Å². The van der Waals surface area contributed by atoms with Crippen LogP contribution in [0.5, 0.6) is 0 Å². The summed E-state index contributed by atoms with van der Waals surface area (Å²) in [6, 6.07) is 0. The maximum absolute atomic E-state index is 5.66. The first-order valence-corrected chi connectivity index (χ1v) is 4.88. The van der Waals surface area contributed by atoms with E-state index < -0.39 is 0 Å². The second-order valence-corrected chi connectivity index (χ2v) is 4.48. The van der Waals surface area contributed by atoms with Crippen LogP contribution in [0.15, 0.2) is 4.99 Å². The fourth-order valence-electron chi connectivity index (χ4n) is 3.02. The number of nitrogens with zero attached hydrogens (tertiary/aromatic N) is 1. The summed E-state index contributed by atoms with van der Waals surface area (Å²) in [6.07, 6.45) is 5.49. The zero-order valence-corrected chi connectivity index (χ0v) is 7.21. The van der Waals surface area contributed by atoms with E-state index in [-0.39, 0.29) is 0 Å². The predicted molar refractivity (Wildman–Crippen MR) is 47.8 cm³/mol. The minimum Gasteiger partial charge on any atom is -0.370 e. The number of rotatable bonds is 0. The molecule has 1 spiro atoms. The number of hydrogen-bond donors (Lipinski definition) is 2. The molecule has 2 aliphatic carbocycles. The third kappa shape index (κ3) is 0.740. The lowest BCUT2D eigenvalue weighted by Gasteiger charge is -2.33. The van der Waals surface area contributed by atoms with Gasteiger partial charge >= 0.3 is 0 Å². The number of aliphatic imine (C=N–C) groups is 1. The predicted octanol–water partition coefficient (Wildman–Crippen LogP) is 0.463. The average molecular weight is 165 g/mol. The Balaban J connectivity index is 1.83. The van der Waals surface area contributed by atoms with Crippen molar-refractivity contribution >= 4 is 5.96 Å². The van der Waals surface area contributed by atoms with E-state index in [4.69, 9.17) is 5.73 Å². The highest BCUT2D eigenvalue weighted by atomic mass is 15.2. The summed E-state index contributed by atoms with van der Waals surface area (Å²) in [7, 11) is 0. The van der Waals surface area contributed by atoms with Crippen molar-refractivity contribution in [3.8, 4) is 0 Å². The standard InChI is InChI=1S/C9H15N3/c10-8-11-5-9(12-8)3-1-2-6-4-7(6)9/h6-7H,1-5H2,(H3,10,11,12). The number of nitrogens with one attached hydrogen (secondary N) is 1. The first-order chi connectivity index (χ1) is 5.80. The fraction of sp³-hybridized carbons (Fsp3) is 0.889. The molecule has 2 fully saturated rings. The molecule has 0 amide bonds. The van der Waals surface area contributed by atoms with Crippen LogP contribution in [0.25, 0.3) is 0 Å². The van der Waals surface area contributed by atoms with Crippen LogP contribution in [-0.4, -0.2) is 18.0 Å². The van der Waals surface area contributed by atoms with Gasteiger partial charge in [-0.3, -0.25) is 4.99 Å². The van der Waals surface area contributed by atoms with E-state index >= 15 is 0 Å². The zero-order valence-electron chi connectivity index (χ0n) is 7.21. The number of fused-ring (bicyclic) bond motifs is 2. The van der Waals surface area contributed by atoms with Crippen molar-refractivity contribution in [3.63, 3.8) is 0 Å². The van der Waals surface area contributed by atoms with Gasteiger partial charge in [0.25, 0.3) is 0 Å². The molecule has 0 aromatic carbocycles. The van der Waals surface area contributed by atoms with Gasteiger partial charge in [-0.25, -0.2) is 0 Å². The first-order valence-electron chi connectivity index (χ1n) is 4.88. The lowest BCUT2D eigenvalue weighted by molar-refractivity contribution is 0.267. The van der Waals surface area contributed by atoms with E-state index in [2.05, 4.69) is 10.3 Å². The van der Waals surface area contributed by atoms with E-state index in [1.54, 1.807) is 0 Å². The van der Waals surface area contributed by atoms with Gasteiger partial charge in [0.2, 0.25) is 0 Å². The Morgan fingerprint density at radius 1 is 1.58 bits per heavy atom. The monoisotopic (exact) mass is 165 g/mol. The maximum atomic E-state index is 5.66. The molecule has 3 N–H and O–H groups in total. The van der Waals surface area contributed by atoms with Crippen LogP contribution in [-0.2, 0) is 0 Å². The molecular formula is C9H15N3. The van der Waals surface area contributed by atoms with Gasteiger partial charge in [0.1, 0.15) is 0 Å². The largest absolute Gasteiger partial charge is 0.370 e. The van der Waals surface area contributed by atoms with Gasteiger partial charge in [-0.1, -0.05) is 6.42 Å². The molecule has 0 saturated heterocycles. The lowest BCUT2D eigenvalue weighted by Crippen LogP contribution is -2.51. The van der Waals surface area contributed by atoms with Crippen LogP contribution < -0.4 is 11.1 Å². The third-order valence-corrected chi connectivity index (χ3v) is 3.74. The van der Waals surface area contributed by atoms with E-state index in [0.717, 1.165) is 18.4 Å². The second-order valence-electron chi connectivity index (χ2n) is 4.48. The van der Waals surface area contributed by atoms with Gasteiger partial charge < -0.3 is 11.1 Å². The molecule has 0 radical (unpaired) electrons. The Morgan fingerprint density at radius 3 is 3.25 bits per heavy atom. The smallest absolute Gasteiger partial charge is 0.189 e. The van der Waals surface area contributed by atoms with Gasteiger partial charge in [0.15, 0.2) is 5.96 Å². The van der Waals surface area contributed by atoms with E-state index in [0.29, 0.717) is 11.5 Å². The highest BCUT2D eigenvalue weighted by Crippen LogP contribution is 2.55. The number of hydrogen-bond acceptors (Lipinski definition) is 3. The summed E-state index contributed by atoms with van der Waals surface area (Å²) in [5.41, 5.74) is 5.96. The summed E-state index contributed by atoms with van der Waals surface area (Å²) < 4.78 is 0. The van der Waals surface area contributed by atoms with Crippen molar-refractivity contribution in [3.05, 3.63) is 0 Å². The molecule has 3 nitrogen and oxygen atoms in total. The van der Waals surface area contributed by atoms with Crippen LogP contribution >= 0.6 is 0 Å². The minimum atomic E-state index is 0.299. The molecule has 3 unspecified atom stereocenters. The summed E-state index contributed by atoms with van der Waals surface area (Å²) in [6.45, 7) is 0.931. The fourth-order valence-corrected chi connectivity index (χ4v) is 3.02. The molecular weight excluding hydrogens is 150 g/mol. The summed E-state index contributed by atoms with van der Waals surface area (Å²) in [4.78, 5) is 4.27. The normalized spacial score (nSPS) is 49.8. The van der Waals surface area contributed by atoms with Crippen LogP contribution in [0.3, 0.4) is 0 Å².